The van der Waals surface area contributed by atoms with E-state index in [-0.39, 0.29) is 5.91 Å². The van der Waals surface area contributed by atoms with Crippen LogP contribution in [0.1, 0.15) is 36.9 Å². The number of benzene rings is 2. The summed E-state index contributed by atoms with van der Waals surface area (Å²) in [5.74, 6) is 1.63. The number of ether oxygens (including phenoxy) is 2. The molecule has 1 N–H and O–H groups in total. The Hall–Kier alpha value is -2.53. The van der Waals surface area contributed by atoms with Crippen LogP contribution in [0.4, 0.5) is 0 Å². The molecule has 0 saturated heterocycles. The summed E-state index contributed by atoms with van der Waals surface area (Å²) in [5, 5.41) is 2.95. The van der Waals surface area contributed by atoms with Gasteiger partial charge in [-0.15, -0.1) is 0 Å². The molecule has 1 aliphatic rings. The molecular formula is C23H30N2O3. The van der Waals surface area contributed by atoms with E-state index in [0.29, 0.717) is 32.3 Å². The van der Waals surface area contributed by atoms with E-state index in [0.717, 1.165) is 24.3 Å². The third-order valence-electron chi connectivity index (χ3n) is 5.09. The fourth-order valence-corrected chi connectivity index (χ4v) is 3.74. The normalized spacial score (nSPS) is 15.8. The van der Waals surface area contributed by atoms with Crippen LogP contribution in [0.2, 0.25) is 0 Å². The molecule has 0 aliphatic heterocycles. The van der Waals surface area contributed by atoms with Crippen LogP contribution in [0.15, 0.2) is 48.5 Å². The van der Waals surface area contributed by atoms with Crippen molar-refractivity contribution >= 4 is 5.91 Å². The fraction of sp³-hybridized carbons (Fsp3) is 0.435. The maximum atomic E-state index is 12.3. The molecular weight excluding hydrogens is 352 g/mol. The summed E-state index contributed by atoms with van der Waals surface area (Å²) in [7, 11) is 2.03. The molecule has 0 aromatic heterocycles. The standard InChI is InChI=1S/C23H30N2O3/c1-3-27-19-11-13-20(14-12-19)28-16-15-24-23(26)17-25(2)22-10-6-8-18-7-4-5-9-21(18)22/h4-5,7,9,11-14,22H,3,6,8,10,15-17H2,1-2H3,(H,24,26)/t22-/m1/s1. The lowest BCUT2D eigenvalue weighted by Crippen LogP contribution is -2.39. The number of amides is 1. The smallest absolute Gasteiger partial charge is 0.234 e. The van der Waals surface area contributed by atoms with Gasteiger partial charge in [-0.25, -0.2) is 0 Å². The molecule has 2 aromatic carbocycles. The monoisotopic (exact) mass is 382 g/mol. The third-order valence-corrected chi connectivity index (χ3v) is 5.09. The summed E-state index contributed by atoms with van der Waals surface area (Å²) >= 11 is 0. The Morgan fingerprint density at radius 3 is 2.57 bits per heavy atom. The van der Waals surface area contributed by atoms with E-state index in [1.165, 1.54) is 17.5 Å². The molecule has 5 heteroatoms. The molecule has 3 rings (SSSR count). The molecule has 28 heavy (non-hydrogen) atoms. The molecule has 0 unspecified atom stereocenters. The molecule has 0 radical (unpaired) electrons. The molecule has 0 bridgehead atoms. The van der Waals surface area contributed by atoms with E-state index in [4.69, 9.17) is 9.47 Å². The summed E-state index contributed by atoms with van der Waals surface area (Å²) in [6.07, 6.45) is 3.40. The van der Waals surface area contributed by atoms with E-state index >= 15 is 0 Å². The van der Waals surface area contributed by atoms with E-state index < -0.39 is 0 Å². The highest BCUT2D eigenvalue weighted by Gasteiger charge is 2.24. The van der Waals surface area contributed by atoms with Gasteiger partial charge in [0.2, 0.25) is 5.91 Å². The first-order chi connectivity index (χ1) is 13.7. The van der Waals surface area contributed by atoms with Crippen molar-refractivity contribution in [3.63, 3.8) is 0 Å². The number of fused-ring (bicyclic) bond motifs is 1. The van der Waals surface area contributed by atoms with Gasteiger partial charge in [-0.3, -0.25) is 9.69 Å². The zero-order chi connectivity index (χ0) is 19.8. The number of nitrogens with zero attached hydrogens (tertiary/aromatic N) is 1. The van der Waals surface area contributed by atoms with Crippen LogP contribution < -0.4 is 14.8 Å². The Morgan fingerprint density at radius 1 is 1.11 bits per heavy atom. The van der Waals surface area contributed by atoms with Gasteiger partial charge in [0.15, 0.2) is 0 Å². The zero-order valence-corrected chi connectivity index (χ0v) is 16.8. The van der Waals surface area contributed by atoms with Gasteiger partial charge in [-0.05, 0) is 68.6 Å². The largest absolute Gasteiger partial charge is 0.494 e. The average molecular weight is 383 g/mol. The lowest BCUT2D eigenvalue weighted by molar-refractivity contribution is -0.122. The van der Waals surface area contributed by atoms with Gasteiger partial charge in [0.1, 0.15) is 18.1 Å². The van der Waals surface area contributed by atoms with Crippen molar-refractivity contribution in [3.05, 3.63) is 59.7 Å². The summed E-state index contributed by atoms with van der Waals surface area (Å²) < 4.78 is 11.1. The van der Waals surface area contributed by atoms with Crippen LogP contribution in [0, 0.1) is 0 Å². The average Bonchev–Trinajstić information content (AvgIpc) is 2.72. The fourth-order valence-electron chi connectivity index (χ4n) is 3.74. The predicted molar refractivity (Wildman–Crippen MR) is 111 cm³/mol. The van der Waals surface area contributed by atoms with Crippen molar-refractivity contribution in [1.29, 1.82) is 0 Å². The first-order valence-corrected chi connectivity index (χ1v) is 10.1. The Bertz CT molecular complexity index is 761. The molecule has 0 saturated carbocycles. The number of carbonyl (C=O) groups is 1. The minimum Gasteiger partial charge on any atom is -0.494 e. The third kappa shape index (κ3) is 5.49. The van der Waals surface area contributed by atoms with E-state index in [9.17, 15) is 4.79 Å². The first-order valence-electron chi connectivity index (χ1n) is 10.1. The number of rotatable bonds is 9. The lowest BCUT2D eigenvalue weighted by Gasteiger charge is -2.32. The highest BCUT2D eigenvalue weighted by molar-refractivity contribution is 5.78. The second-order valence-corrected chi connectivity index (χ2v) is 7.12. The number of likely N-dealkylation sites (N-methyl/N-ethyl adjacent to an activating group) is 1. The van der Waals surface area contributed by atoms with Gasteiger partial charge in [0, 0.05) is 6.04 Å². The molecule has 0 spiro atoms. The summed E-state index contributed by atoms with van der Waals surface area (Å²) in [4.78, 5) is 14.5. The van der Waals surface area contributed by atoms with Gasteiger partial charge >= 0.3 is 0 Å². The number of nitrogens with one attached hydrogen (secondary N) is 1. The Labute approximate surface area is 167 Å². The van der Waals surface area contributed by atoms with Gasteiger partial charge < -0.3 is 14.8 Å². The zero-order valence-electron chi connectivity index (χ0n) is 16.8. The minimum atomic E-state index is 0.0286. The van der Waals surface area contributed by atoms with Crippen LogP contribution in [0.5, 0.6) is 11.5 Å². The molecule has 1 atom stereocenters. The molecule has 1 aliphatic carbocycles. The molecule has 0 heterocycles. The highest BCUT2D eigenvalue weighted by atomic mass is 16.5. The van der Waals surface area contributed by atoms with Gasteiger partial charge in [0.25, 0.3) is 0 Å². The molecule has 150 valence electrons. The topological polar surface area (TPSA) is 50.8 Å². The first kappa shape index (κ1) is 20.2. The maximum absolute atomic E-state index is 12.3. The Morgan fingerprint density at radius 2 is 1.82 bits per heavy atom. The van der Waals surface area contributed by atoms with Crippen LogP contribution in [-0.4, -0.2) is 44.2 Å². The van der Waals surface area contributed by atoms with Gasteiger partial charge in [-0.2, -0.15) is 0 Å². The number of hydrogen-bond acceptors (Lipinski definition) is 4. The Balaban J connectivity index is 1.40. The number of aryl methyl sites for hydroxylation is 1. The van der Waals surface area contributed by atoms with Crippen molar-refractivity contribution in [2.45, 2.75) is 32.2 Å². The Kier molecular flexibility index (Phi) is 7.31. The predicted octanol–water partition coefficient (Wildman–Crippen LogP) is 3.59. The van der Waals surface area contributed by atoms with Crippen molar-refractivity contribution in [2.75, 3.05) is 33.4 Å². The van der Waals surface area contributed by atoms with E-state index in [2.05, 4.69) is 34.5 Å². The molecule has 0 fully saturated rings. The van der Waals surface area contributed by atoms with Crippen molar-refractivity contribution < 1.29 is 14.3 Å². The molecule has 1 amide bonds. The number of hydrogen-bond donors (Lipinski definition) is 1. The quantitative estimate of drug-likeness (QED) is 0.674. The summed E-state index contributed by atoms with van der Waals surface area (Å²) in [5.41, 5.74) is 2.78. The second kappa shape index (κ2) is 10.1. The lowest BCUT2D eigenvalue weighted by atomic mass is 9.87. The van der Waals surface area contributed by atoms with Crippen LogP contribution in [0.25, 0.3) is 0 Å². The molecule has 2 aromatic rings. The highest BCUT2D eigenvalue weighted by Crippen LogP contribution is 2.33. The van der Waals surface area contributed by atoms with Crippen molar-refractivity contribution in [1.82, 2.24) is 10.2 Å². The second-order valence-electron chi connectivity index (χ2n) is 7.12. The van der Waals surface area contributed by atoms with Crippen LogP contribution in [0.3, 0.4) is 0 Å². The van der Waals surface area contributed by atoms with E-state index in [1.54, 1.807) is 0 Å². The maximum Gasteiger partial charge on any atom is 0.234 e. The van der Waals surface area contributed by atoms with Crippen LogP contribution in [-0.2, 0) is 11.2 Å². The summed E-state index contributed by atoms with van der Waals surface area (Å²) in [6, 6.07) is 16.4. The van der Waals surface area contributed by atoms with Crippen molar-refractivity contribution in [2.24, 2.45) is 0 Å². The van der Waals surface area contributed by atoms with E-state index in [1.807, 2.05) is 38.2 Å². The summed E-state index contributed by atoms with van der Waals surface area (Å²) in [6.45, 7) is 3.92. The van der Waals surface area contributed by atoms with Crippen molar-refractivity contribution in [3.8, 4) is 11.5 Å². The minimum absolute atomic E-state index is 0.0286. The van der Waals surface area contributed by atoms with Gasteiger partial charge in [-0.1, -0.05) is 24.3 Å². The molecule has 5 nitrogen and oxygen atoms in total. The van der Waals surface area contributed by atoms with Crippen LogP contribution >= 0.6 is 0 Å². The number of carbonyl (C=O) groups excluding carboxylic acids is 1. The SMILES string of the molecule is CCOc1ccc(OCCNC(=O)CN(C)[C@@H]2CCCc3ccccc32)cc1. The van der Waals surface area contributed by atoms with Gasteiger partial charge in [0.05, 0.1) is 19.7 Å².